The summed E-state index contributed by atoms with van der Waals surface area (Å²) in [5.41, 5.74) is 0.855. The Morgan fingerprint density at radius 1 is 1.15 bits per heavy atom. The molecule has 0 aromatic heterocycles. The number of carbonyl (C=O) groups excluding carboxylic acids is 1. The number of hydrogen-bond donors (Lipinski definition) is 1. The van der Waals surface area contributed by atoms with Gasteiger partial charge in [0.05, 0.1) is 0 Å². The summed E-state index contributed by atoms with van der Waals surface area (Å²) in [5.74, 6) is -2.50. The van der Waals surface area contributed by atoms with Gasteiger partial charge in [-0.3, -0.25) is 4.79 Å². The fraction of sp³-hybridized carbons (Fsp3) is 0.278. The van der Waals surface area contributed by atoms with Gasteiger partial charge < -0.3 is 4.74 Å². The maximum Gasteiger partial charge on any atom is 0.306 e. The van der Waals surface area contributed by atoms with Gasteiger partial charge in [0.25, 0.3) is 0 Å². The largest absolute Gasteiger partial charge is 0.461 e. The van der Waals surface area contributed by atoms with E-state index < -0.39 is 32.5 Å². The number of nitrogens with one attached hydrogen (secondary N) is 1. The van der Waals surface area contributed by atoms with Gasteiger partial charge in [-0.2, -0.15) is 0 Å². The summed E-state index contributed by atoms with van der Waals surface area (Å²) >= 11 is 1.61. The molecule has 5 nitrogen and oxygen atoms in total. The number of ether oxygens (including phenoxy) is 1. The molecule has 0 radical (unpaired) electrons. The summed E-state index contributed by atoms with van der Waals surface area (Å²) in [7, 11) is -4.11. The predicted octanol–water partition coefficient (Wildman–Crippen LogP) is 3.49. The molecule has 0 saturated carbocycles. The van der Waals surface area contributed by atoms with Gasteiger partial charge in [0, 0.05) is 23.9 Å². The molecule has 2 aromatic carbocycles. The molecule has 0 saturated heterocycles. The highest BCUT2D eigenvalue weighted by Gasteiger charge is 2.19. The number of benzene rings is 2. The van der Waals surface area contributed by atoms with Gasteiger partial charge in [0.15, 0.2) is 0 Å². The molecule has 2 aromatic rings. The molecule has 9 heteroatoms. The number of esters is 1. The third-order valence-corrected chi connectivity index (χ3v) is 5.83. The molecular weight excluding hydrogens is 396 g/mol. The minimum atomic E-state index is -4.11. The predicted molar refractivity (Wildman–Crippen MR) is 98.8 cm³/mol. The van der Waals surface area contributed by atoms with Crippen molar-refractivity contribution in [2.45, 2.75) is 29.2 Å². The molecule has 2 rings (SSSR count). The summed E-state index contributed by atoms with van der Waals surface area (Å²) in [6.07, 6.45) is 2.16. The van der Waals surface area contributed by atoms with Crippen LogP contribution in [0.4, 0.5) is 8.78 Å². The van der Waals surface area contributed by atoms with Gasteiger partial charge in [0.2, 0.25) is 10.0 Å². The quantitative estimate of drug-likeness (QED) is 0.386. The first-order valence-corrected chi connectivity index (χ1v) is 10.8. The van der Waals surface area contributed by atoms with Crippen molar-refractivity contribution in [1.29, 1.82) is 0 Å². The fourth-order valence-corrected chi connectivity index (χ4v) is 3.71. The highest BCUT2D eigenvalue weighted by molar-refractivity contribution is 7.98. The lowest BCUT2D eigenvalue weighted by Gasteiger charge is -2.08. The third kappa shape index (κ3) is 6.60. The van der Waals surface area contributed by atoms with Crippen LogP contribution in [0.5, 0.6) is 0 Å². The Hall–Kier alpha value is -1.97. The number of rotatable bonds is 9. The van der Waals surface area contributed by atoms with Crippen molar-refractivity contribution in [3.05, 3.63) is 59.7 Å². The zero-order valence-corrected chi connectivity index (χ0v) is 16.2. The van der Waals surface area contributed by atoms with Crippen LogP contribution in [0.25, 0.3) is 0 Å². The average molecular weight is 415 g/mol. The molecule has 0 aliphatic carbocycles. The summed E-state index contributed by atoms with van der Waals surface area (Å²) < 4.78 is 57.7. The van der Waals surface area contributed by atoms with Crippen molar-refractivity contribution >= 4 is 27.8 Å². The third-order valence-electron chi connectivity index (χ3n) is 3.59. The molecule has 1 N–H and O–H groups in total. The number of carbonyl (C=O) groups is 1. The van der Waals surface area contributed by atoms with E-state index in [0.29, 0.717) is 6.07 Å². The molecule has 27 heavy (non-hydrogen) atoms. The van der Waals surface area contributed by atoms with Crippen LogP contribution in [0.15, 0.2) is 52.3 Å². The molecule has 0 unspecified atom stereocenters. The van der Waals surface area contributed by atoms with E-state index in [1.807, 2.05) is 30.5 Å². The first-order chi connectivity index (χ1) is 12.8. The van der Waals surface area contributed by atoms with Crippen LogP contribution in [0.3, 0.4) is 0 Å². The van der Waals surface area contributed by atoms with E-state index in [4.69, 9.17) is 4.74 Å². The second-order valence-corrected chi connectivity index (χ2v) is 8.20. The lowest BCUT2D eigenvalue weighted by atomic mass is 10.2. The molecule has 0 fully saturated rings. The summed E-state index contributed by atoms with van der Waals surface area (Å²) in [4.78, 5) is 12.2. The van der Waals surface area contributed by atoms with Gasteiger partial charge in [-0.25, -0.2) is 21.9 Å². The minimum Gasteiger partial charge on any atom is -0.461 e. The number of thioether (sulfide) groups is 1. The normalized spacial score (nSPS) is 11.4. The van der Waals surface area contributed by atoms with E-state index in [2.05, 4.69) is 4.72 Å². The van der Waals surface area contributed by atoms with Gasteiger partial charge in [-0.15, -0.1) is 11.8 Å². The molecule has 0 aliphatic heterocycles. The molecular formula is C18H19F2NO4S2. The summed E-state index contributed by atoms with van der Waals surface area (Å²) in [6.45, 7) is 0.0662. The van der Waals surface area contributed by atoms with Gasteiger partial charge in [-0.1, -0.05) is 12.1 Å². The lowest BCUT2D eigenvalue weighted by molar-refractivity contribution is -0.145. The monoisotopic (exact) mass is 415 g/mol. The standard InChI is InChI=1S/C18H19F2NO4S2/c1-26-15-7-4-13(5-8-15)12-25-18(22)3-2-10-21-27(23,24)17-9-6-14(19)11-16(17)20/h4-9,11,21H,2-3,10,12H2,1H3. The van der Waals surface area contributed by atoms with Crippen molar-refractivity contribution in [2.24, 2.45) is 0 Å². The number of sulfonamides is 1. The van der Waals surface area contributed by atoms with Gasteiger partial charge in [-0.05, 0) is 42.5 Å². The number of halogens is 2. The first kappa shape index (κ1) is 21.3. The average Bonchev–Trinajstić information content (AvgIpc) is 2.63. The van der Waals surface area contributed by atoms with Gasteiger partial charge >= 0.3 is 5.97 Å². The highest BCUT2D eigenvalue weighted by Crippen LogP contribution is 2.16. The first-order valence-electron chi connectivity index (χ1n) is 8.05. The van der Waals surface area contributed by atoms with Crippen LogP contribution < -0.4 is 4.72 Å². The molecule has 0 aliphatic rings. The van der Waals surface area contributed by atoms with Crippen molar-refractivity contribution in [3.8, 4) is 0 Å². The lowest BCUT2D eigenvalue weighted by Crippen LogP contribution is -2.26. The second kappa shape index (κ2) is 9.82. The Labute approximate surface area is 161 Å². The Bertz CT molecular complexity index is 887. The Kier molecular flexibility index (Phi) is 7.76. The van der Waals surface area contributed by atoms with Crippen molar-refractivity contribution in [3.63, 3.8) is 0 Å². The maximum atomic E-state index is 13.6. The van der Waals surface area contributed by atoms with Crippen LogP contribution in [0.1, 0.15) is 18.4 Å². The smallest absolute Gasteiger partial charge is 0.306 e. The van der Waals surface area contributed by atoms with E-state index in [1.165, 1.54) is 0 Å². The van der Waals surface area contributed by atoms with Crippen molar-refractivity contribution in [1.82, 2.24) is 4.72 Å². The Morgan fingerprint density at radius 3 is 2.48 bits per heavy atom. The van der Waals surface area contributed by atoms with Crippen LogP contribution in [-0.2, 0) is 26.2 Å². The van der Waals surface area contributed by atoms with E-state index in [1.54, 1.807) is 11.8 Å². The van der Waals surface area contributed by atoms with Gasteiger partial charge in [0.1, 0.15) is 23.1 Å². The van der Waals surface area contributed by atoms with Crippen molar-refractivity contribution < 1.29 is 26.7 Å². The van der Waals surface area contributed by atoms with Crippen LogP contribution in [-0.4, -0.2) is 27.2 Å². The van der Waals surface area contributed by atoms with E-state index >= 15 is 0 Å². The van der Waals surface area contributed by atoms with Crippen LogP contribution in [0, 0.1) is 11.6 Å². The highest BCUT2D eigenvalue weighted by atomic mass is 32.2. The van der Waals surface area contributed by atoms with Crippen LogP contribution >= 0.6 is 11.8 Å². The topological polar surface area (TPSA) is 72.5 Å². The Balaban J connectivity index is 1.74. The molecule has 0 amide bonds. The SMILES string of the molecule is CSc1ccc(COC(=O)CCCNS(=O)(=O)c2ccc(F)cc2F)cc1. The summed E-state index contributed by atoms with van der Waals surface area (Å²) in [5, 5.41) is 0. The maximum absolute atomic E-state index is 13.6. The number of hydrogen-bond acceptors (Lipinski definition) is 5. The molecule has 0 heterocycles. The van der Waals surface area contributed by atoms with E-state index in [9.17, 15) is 22.0 Å². The summed E-state index contributed by atoms with van der Waals surface area (Å²) in [6, 6.07) is 9.80. The molecule has 0 atom stereocenters. The van der Waals surface area contributed by atoms with Crippen LogP contribution in [0.2, 0.25) is 0 Å². The minimum absolute atomic E-state index is 0.0112. The zero-order chi connectivity index (χ0) is 19.9. The molecule has 0 spiro atoms. The Morgan fingerprint density at radius 2 is 1.85 bits per heavy atom. The molecule has 0 bridgehead atoms. The fourth-order valence-electron chi connectivity index (χ4n) is 2.17. The molecule has 146 valence electrons. The van der Waals surface area contributed by atoms with Crippen molar-refractivity contribution in [2.75, 3.05) is 12.8 Å². The second-order valence-electron chi connectivity index (χ2n) is 5.58. The van der Waals surface area contributed by atoms with E-state index in [-0.39, 0.29) is 26.0 Å². The van der Waals surface area contributed by atoms with E-state index in [0.717, 1.165) is 22.6 Å². The zero-order valence-electron chi connectivity index (χ0n) is 14.6.